The highest BCUT2D eigenvalue weighted by Crippen LogP contribution is 2.23. The number of methoxy groups -OCH3 is 1. The van der Waals surface area contributed by atoms with Gasteiger partial charge in [0.25, 0.3) is 11.6 Å². The van der Waals surface area contributed by atoms with E-state index in [2.05, 4.69) is 15.3 Å². The van der Waals surface area contributed by atoms with Crippen molar-refractivity contribution in [2.45, 2.75) is 37.6 Å². The predicted octanol–water partition coefficient (Wildman–Crippen LogP) is -2.81. The van der Waals surface area contributed by atoms with Crippen LogP contribution in [0.2, 0.25) is 0 Å². The minimum atomic E-state index is -1.61. The first kappa shape index (κ1) is 18.3. The number of aromatic nitrogens is 2. The minimum Gasteiger partial charge on any atom is -0.468 e. The number of anilines is 1. The standard InChI is InChI=1S/C13H19N3O8/c1-4(18)6-10(15-13(23-2)16-11(6)22)14-12-9(21)8(20)7(19)5(3-17)24-12/h5,7-9,12,17,19-21H,3H2,1-2H3,(H2,14,15,16,22)/t5-,7-,8+,9-,12-/m1/s1. The molecule has 2 rings (SSSR count). The van der Waals surface area contributed by atoms with Crippen molar-refractivity contribution in [3.8, 4) is 6.01 Å². The summed E-state index contributed by atoms with van der Waals surface area (Å²) in [4.78, 5) is 29.8. The second-order valence-electron chi connectivity index (χ2n) is 5.25. The maximum absolute atomic E-state index is 12.0. The lowest BCUT2D eigenvalue weighted by Gasteiger charge is -2.40. The largest absolute Gasteiger partial charge is 0.468 e. The molecule has 0 saturated carbocycles. The number of Topliss-reactive ketones (excluding diaryl/α,β-unsaturated/α-hetero) is 1. The smallest absolute Gasteiger partial charge is 0.298 e. The summed E-state index contributed by atoms with van der Waals surface area (Å²) < 4.78 is 10.1. The van der Waals surface area contributed by atoms with Crippen molar-refractivity contribution in [3.63, 3.8) is 0 Å². The van der Waals surface area contributed by atoms with Crippen molar-refractivity contribution < 1.29 is 34.7 Å². The number of carbonyl (C=O) groups excluding carboxylic acids is 1. The van der Waals surface area contributed by atoms with Crippen molar-refractivity contribution in [2.24, 2.45) is 0 Å². The normalized spacial score (nSPS) is 30.0. The van der Waals surface area contributed by atoms with Gasteiger partial charge < -0.3 is 35.2 Å². The number of aromatic amines is 1. The third-order valence-electron chi connectivity index (χ3n) is 3.61. The molecule has 11 heteroatoms. The molecule has 0 unspecified atom stereocenters. The molecule has 0 amide bonds. The van der Waals surface area contributed by atoms with E-state index in [-0.39, 0.29) is 17.4 Å². The van der Waals surface area contributed by atoms with E-state index in [4.69, 9.17) is 14.6 Å². The summed E-state index contributed by atoms with van der Waals surface area (Å²) in [5.74, 6) is -0.828. The van der Waals surface area contributed by atoms with Gasteiger partial charge in [0.15, 0.2) is 12.0 Å². The van der Waals surface area contributed by atoms with Gasteiger partial charge in [-0.25, -0.2) is 0 Å². The molecule has 1 fully saturated rings. The molecule has 1 aromatic rings. The highest BCUT2D eigenvalue weighted by atomic mass is 16.6. The van der Waals surface area contributed by atoms with Gasteiger partial charge in [-0.05, 0) is 6.92 Å². The Hall–Kier alpha value is -2.05. The summed E-state index contributed by atoms with van der Waals surface area (Å²) in [6.45, 7) is 0.534. The first-order valence-corrected chi connectivity index (χ1v) is 7.06. The van der Waals surface area contributed by atoms with Crippen molar-refractivity contribution in [1.29, 1.82) is 0 Å². The molecule has 6 N–H and O–H groups in total. The second kappa shape index (κ2) is 7.23. The average Bonchev–Trinajstić information content (AvgIpc) is 2.54. The number of H-pyrrole nitrogens is 1. The summed E-state index contributed by atoms with van der Waals surface area (Å²) in [7, 11) is 1.25. The monoisotopic (exact) mass is 345 g/mol. The molecule has 1 aromatic heterocycles. The first-order valence-electron chi connectivity index (χ1n) is 7.06. The van der Waals surface area contributed by atoms with Crippen molar-refractivity contribution in [3.05, 3.63) is 15.9 Å². The number of hydrogen-bond acceptors (Lipinski definition) is 10. The van der Waals surface area contributed by atoms with E-state index in [1.807, 2.05) is 0 Å². The van der Waals surface area contributed by atoms with Crippen LogP contribution in [-0.2, 0) is 4.74 Å². The molecule has 1 aliphatic rings. The number of aliphatic hydroxyl groups is 4. The number of ether oxygens (including phenoxy) is 2. The van der Waals surface area contributed by atoms with E-state index in [1.165, 1.54) is 7.11 Å². The third kappa shape index (κ3) is 3.39. The molecule has 2 heterocycles. The van der Waals surface area contributed by atoms with Crippen LogP contribution < -0.4 is 15.6 Å². The topological polar surface area (TPSA) is 174 Å². The Morgan fingerprint density at radius 2 is 2.00 bits per heavy atom. The number of nitrogens with one attached hydrogen (secondary N) is 2. The van der Waals surface area contributed by atoms with Gasteiger partial charge in [-0.3, -0.25) is 14.6 Å². The van der Waals surface area contributed by atoms with Crippen LogP contribution in [0.25, 0.3) is 0 Å². The molecule has 134 valence electrons. The SMILES string of the molecule is COc1nc(N[C@@H]2O[C@H](CO)[C@@H](O)[C@H](O)[C@H]2O)c(C(C)=O)c(=O)[nH]1. The van der Waals surface area contributed by atoms with Gasteiger partial charge in [0.2, 0.25) is 0 Å². The Kier molecular flexibility index (Phi) is 5.51. The van der Waals surface area contributed by atoms with Crippen LogP contribution in [0.1, 0.15) is 17.3 Å². The maximum atomic E-state index is 12.0. The molecular weight excluding hydrogens is 326 g/mol. The fourth-order valence-corrected chi connectivity index (χ4v) is 2.34. The van der Waals surface area contributed by atoms with Crippen LogP contribution in [0.15, 0.2) is 4.79 Å². The molecule has 0 bridgehead atoms. The van der Waals surface area contributed by atoms with Crippen molar-refractivity contribution in [2.75, 3.05) is 19.0 Å². The quantitative estimate of drug-likeness (QED) is 0.306. The molecule has 5 atom stereocenters. The molecule has 1 aliphatic heterocycles. The van der Waals surface area contributed by atoms with Crippen LogP contribution in [0, 0.1) is 0 Å². The zero-order chi connectivity index (χ0) is 18.0. The molecular formula is C13H19N3O8. The highest BCUT2D eigenvalue weighted by molar-refractivity contribution is 5.98. The van der Waals surface area contributed by atoms with Crippen molar-refractivity contribution >= 4 is 11.6 Å². The number of carbonyl (C=O) groups is 1. The van der Waals surface area contributed by atoms with Gasteiger partial charge in [-0.2, -0.15) is 4.98 Å². The second-order valence-corrected chi connectivity index (χ2v) is 5.25. The van der Waals surface area contributed by atoms with Crippen LogP contribution in [0.4, 0.5) is 5.82 Å². The Balaban J connectivity index is 2.37. The Morgan fingerprint density at radius 1 is 1.33 bits per heavy atom. The molecule has 0 spiro atoms. The number of rotatable bonds is 5. The summed E-state index contributed by atoms with van der Waals surface area (Å²) in [5, 5.41) is 41.2. The zero-order valence-corrected chi connectivity index (χ0v) is 13.0. The van der Waals surface area contributed by atoms with Gasteiger partial charge in [-0.1, -0.05) is 0 Å². The van der Waals surface area contributed by atoms with Crippen LogP contribution in [0.3, 0.4) is 0 Å². The summed E-state index contributed by atoms with van der Waals surface area (Å²) in [6.07, 6.45) is -7.23. The molecule has 0 aromatic carbocycles. The van der Waals surface area contributed by atoms with E-state index in [0.717, 1.165) is 6.92 Å². The fourth-order valence-electron chi connectivity index (χ4n) is 2.34. The lowest BCUT2D eigenvalue weighted by Crippen LogP contribution is -2.60. The maximum Gasteiger partial charge on any atom is 0.298 e. The van der Waals surface area contributed by atoms with E-state index in [9.17, 15) is 24.9 Å². The fraction of sp³-hybridized carbons (Fsp3) is 0.615. The first-order chi connectivity index (χ1) is 11.3. The van der Waals surface area contributed by atoms with Crippen LogP contribution >= 0.6 is 0 Å². The van der Waals surface area contributed by atoms with Gasteiger partial charge in [0, 0.05) is 0 Å². The van der Waals surface area contributed by atoms with Gasteiger partial charge in [0.05, 0.1) is 13.7 Å². The van der Waals surface area contributed by atoms with Gasteiger partial charge >= 0.3 is 0 Å². The van der Waals surface area contributed by atoms with E-state index in [1.54, 1.807) is 0 Å². The Morgan fingerprint density at radius 3 is 2.54 bits per heavy atom. The minimum absolute atomic E-state index is 0.183. The molecule has 24 heavy (non-hydrogen) atoms. The third-order valence-corrected chi connectivity index (χ3v) is 3.61. The number of hydrogen-bond donors (Lipinski definition) is 6. The van der Waals surface area contributed by atoms with Gasteiger partial charge in [0.1, 0.15) is 35.8 Å². The molecule has 11 nitrogen and oxygen atoms in total. The van der Waals surface area contributed by atoms with E-state index < -0.39 is 48.6 Å². The van der Waals surface area contributed by atoms with E-state index in [0.29, 0.717) is 0 Å². The average molecular weight is 345 g/mol. The Bertz CT molecular complexity index is 661. The molecule has 0 aliphatic carbocycles. The van der Waals surface area contributed by atoms with E-state index >= 15 is 0 Å². The van der Waals surface area contributed by atoms with Crippen LogP contribution in [0.5, 0.6) is 6.01 Å². The number of ketones is 1. The predicted molar refractivity (Wildman–Crippen MR) is 78.8 cm³/mol. The summed E-state index contributed by atoms with van der Waals surface area (Å²) in [6, 6.07) is -0.183. The summed E-state index contributed by atoms with van der Waals surface area (Å²) in [5.41, 5.74) is -1.09. The van der Waals surface area contributed by atoms with Crippen molar-refractivity contribution in [1.82, 2.24) is 9.97 Å². The van der Waals surface area contributed by atoms with Gasteiger partial charge in [-0.15, -0.1) is 0 Å². The number of aliphatic hydroxyl groups excluding tert-OH is 4. The summed E-state index contributed by atoms with van der Waals surface area (Å²) >= 11 is 0. The molecule has 0 radical (unpaired) electrons. The highest BCUT2D eigenvalue weighted by Gasteiger charge is 2.44. The lowest BCUT2D eigenvalue weighted by atomic mass is 9.98. The Labute approximate surface area is 135 Å². The molecule has 1 saturated heterocycles. The lowest BCUT2D eigenvalue weighted by molar-refractivity contribution is -0.221. The van der Waals surface area contributed by atoms with Crippen LogP contribution in [-0.4, -0.2) is 80.5 Å². The zero-order valence-electron chi connectivity index (χ0n) is 13.0. The number of nitrogens with zero attached hydrogens (tertiary/aromatic N) is 1.